The fourth-order valence-electron chi connectivity index (χ4n) is 4.29. The molecular formula is C30H46O4. The van der Waals surface area contributed by atoms with Gasteiger partial charge in [-0.2, -0.15) is 0 Å². The third-order valence-corrected chi connectivity index (χ3v) is 6.34. The van der Waals surface area contributed by atoms with Crippen LogP contribution < -0.4 is 0 Å². The van der Waals surface area contributed by atoms with Crippen molar-refractivity contribution in [1.82, 2.24) is 0 Å². The van der Waals surface area contributed by atoms with Crippen LogP contribution in [-0.2, 0) is 19.4 Å². The van der Waals surface area contributed by atoms with Gasteiger partial charge in [-0.3, -0.25) is 9.59 Å². The monoisotopic (exact) mass is 470 g/mol. The van der Waals surface area contributed by atoms with E-state index in [4.69, 9.17) is 9.78 Å². The Balaban J connectivity index is 2.57. The van der Waals surface area contributed by atoms with Gasteiger partial charge in [0.1, 0.15) is 11.2 Å². The molecule has 0 aromatic carbocycles. The van der Waals surface area contributed by atoms with E-state index in [-0.39, 0.29) is 33.2 Å². The first kappa shape index (κ1) is 28.5. The first-order valence-electron chi connectivity index (χ1n) is 12.3. The molecule has 0 saturated heterocycles. The molecule has 0 aromatic rings. The molecular weight excluding hydrogens is 424 g/mol. The van der Waals surface area contributed by atoms with Crippen LogP contribution in [0.25, 0.3) is 0 Å². The number of hydrogen-bond donors (Lipinski definition) is 0. The first-order chi connectivity index (χ1) is 14.9. The maximum atomic E-state index is 13.3. The van der Waals surface area contributed by atoms with Crippen LogP contribution in [-0.4, -0.2) is 22.8 Å². The first-order valence-corrected chi connectivity index (χ1v) is 12.3. The topological polar surface area (TPSA) is 52.6 Å². The van der Waals surface area contributed by atoms with Gasteiger partial charge in [0.25, 0.3) is 0 Å². The molecule has 0 saturated carbocycles. The van der Waals surface area contributed by atoms with Crippen molar-refractivity contribution in [2.24, 2.45) is 21.7 Å². The molecule has 4 nitrogen and oxygen atoms in total. The zero-order valence-corrected chi connectivity index (χ0v) is 23.9. The van der Waals surface area contributed by atoms with Crippen molar-refractivity contribution in [3.8, 4) is 0 Å². The van der Waals surface area contributed by atoms with E-state index in [2.05, 4.69) is 0 Å². The molecule has 4 heteroatoms. The summed E-state index contributed by atoms with van der Waals surface area (Å²) in [5.41, 5.74) is -0.376. The van der Waals surface area contributed by atoms with E-state index in [9.17, 15) is 9.59 Å². The zero-order chi connectivity index (χ0) is 26.7. The summed E-state index contributed by atoms with van der Waals surface area (Å²) in [4.78, 5) is 39.0. The minimum absolute atomic E-state index is 0.0559. The quantitative estimate of drug-likeness (QED) is 0.316. The molecule has 0 bridgehead atoms. The number of carbonyl (C=O) groups excluding carboxylic acids is 2. The second-order valence-electron chi connectivity index (χ2n) is 14.4. The van der Waals surface area contributed by atoms with Crippen molar-refractivity contribution >= 4 is 11.6 Å². The molecule has 2 aliphatic rings. The predicted molar refractivity (Wildman–Crippen MR) is 139 cm³/mol. The Morgan fingerprint density at radius 3 is 0.794 bits per heavy atom. The minimum Gasteiger partial charge on any atom is -0.289 e. The lowest BCUT2D eigenvalue weighted by molar-refractivity contribution is -0.367. The number of ketones is 2. The number of hydrogen-bond acceptors (Lipinski definition) is 4. The van der Waals surface area contributed by atoms with Gasteiger partial charge in [-0.1, -0.05) is 83.1 Å². The van der Waals surface area contributed by atoms with Crippen LogP contribution in [0.2, 0.25) is 0 Å². The molecule has 0 atom stereocenters. The van der Waals surface area contributed by atoms with E-state index < -0.39 is 11.2 Å². The maximum absolute atomic E-state index is 13.3. The molecule has 0 fully saturated rings. The molecule has 0 aromatic heterocycles. The summed E-state index contributed by atoms with van der Waals surface area (Å²) in [6.45, 7) is 28.3. The van der Waals surface area contributed by atoms with E-state index >= 15 is 0 Å². The molecule has 2 aliphatic carbocycles. The van der Waals surface area contributed by atoms with Crippen LogP contribution in [0.4, 0.5) is 0 Å². The normalized spacial score (nSPS) is 21.6. The minimum atomic E-state index is -0.935. The molecule has 0 radical (unpaired) electrons. The van der Waals surface area contributed by atoms with Crippen LogP contribution in [0.5, 0.6) is 0 Å². The van der Waals surface area contributed by atoms with Gasteiger partial charge >= 0.3 is 0 Å². The Morgan fingerprint density at radius 2 is 0.647 bits per heavy atom. The van der Waals surface area contributed by atoms with Gasteiger partial charge in [-0.25, -0.2) is 9.78 Å². The summed E-state index contributed by atoms with van der Waals surface area (Å²) in [5.74, 6) is 0.112. The Morgan fingerprint density at radius 1 is 0.471 bits per heavy atom. The summed E-state index contributed by atoms with van der Waals surface area (Å²) >= 11 is 0. The van der Waals surface area contributed by atoms with E-state index in [0.717, 1.165) is 0 Å². The molecule has 2 rings (SSSR count). The largest absolute Gasteiger partial charge is 0.289 e. The highest BCUT2D eigenvalue weighted by molar-refractivity contribution is 6.11. The van der Waals surface area contributed by atoms with E-state index in [1.54, 1.807) is 0 Å². The van der Waals surface area contributed by atoms with Crippen LogP contribution in [0.15, 0.2) is 46.6 Å². The van der Waals surface area contributed by atoms with E-state index in [1.807, 2.05) is 121 Å². The molecule has 0 heterocycles. The third kappa shape index (κ3) is 6.07. The van der Waals surface area contributed by atoms with E-state index in [0.29, 0.717) is 22.3 Å². The molecule has 0 aliphatic heterocycles. The van der Waals surface area contributed by atoms with Crippen molar-refractivity contribution in [2.75, 3.05) is 0 Å². The predicted octanol–water partition coefficient (Wildman–Crippen LogP) is 7.51. The zero-order valence-electron chi connectivity index (χ0n) is 23.9. The van der Waals surface area contributed by atoms with Crippen LogP contribution in [0.3, 0.4) is 0 Å². The number of Topliss-reactive ketones (excluding diaryl/α,β-unsaturated/α-hetero) is 2. The standard InChI is InChI=1S/C30H46O4/c1-25(2,3)19-15-29(13,16-20(23(19)31)26(4,5)6)33-34-30(14)17-21(27(7,8)9)24(32)22(18-30)28(10,11)12/h15-18H,1-14H3. The van der Waals surface area contributed by atoms with Crippen LogP contribution in [0.1, 0.15) is 96.9 Å². The molecule has 0 unspecified atom stereocenters. The lowest BCUT2D eigenvalue weighted by Gasteiger charge is -2.40. The molecule has 0 N–H and O–H groups in total. The lowest BCUT2D eigenvalue weighted by Crippen LogP contribution is -2.41. The van der Waals surface area contributed by atoms with Gasteiger partial charge in [0.15, 0.2) is 11.6 Å². The molecule has 34 heavy (non-hydrogen) atoms. The van der Waals surface area contributed by atoms with Gasteiger partial charge in [-0.05, 0) is 59.8 Å². The van der Waals surface area contributed by atoms with Gasteiger partial charge in [-0.15, -0.1) is 0 Å². The third-order valence-electron chi connectivity index (χ3n) is 6.34. The van der Waals surface area contributed by atoms with Crippen molar-refractivity contribution in [3.05, 3.63) is 46.6 Å². The molecule has 190 valence electrons. The Bertz CT molecular complexity index is 836. The average Bonchev–Trinajstić information content (AvgIpc) is 2.60. The second-order valence-corrected chi connectivity index (χ2v) is 14.4. The SMILES string of the molecule is CC1(OOC2(C)C=C(C(C)(C)C)C(=O)C(C(C)(C)C)=C2)C=C(C(C)(C)C)C(=O)C(C(C)(C)C)=C1. The number of allylic oxidation sites excluding steroid dienone is 4. The number of rotatable bonds is 3. The number of carbonyl (C=O) groups is 2. The Hall–Kier alpha value is -1.78. The molecule has 0 spiro atoms. The summed E-state index contributed by atoms with van der Waals surface area (Å²) in [6.07, 6.45) is 7.52. The van der Waals surface area contributed by atoms with Gasteiger partial charge < -0.3 is 0 Å². The molecule has 0 amide bonds. The smallest absolute Gasteiger partial charge is 0.185 e. The van der Waals surface area contributed by atoms with Crippen molar-refractivity contribution < 1.29 is 19.4 Å². The second kappa shape index (κ2) is 8.41. The van der Waals surface area contributed by atoms with Crippen molar-refractivity contribution in [2.45, 2.75) is 108 Å². The van der Waals surface area contributed by atoms with Crippen LogP contribution in [0, 0.1) is 21.7 Å². The van der Waals surface area contributed by atoms with Gasteiger partial charge in [0.2, 0.25) is 0 Å². The highest BCUT2D eigenvalue weighted by atomic mass is 17.2. The summed E-state index contributed by atoms with van der Waals surface area (Å²) in [7, 11) is 0. The fraction of sp³-hybridized carbons (Fsp3) is 0.667. The Labute approximate surface area is 207 Å². The summed E-state index contributed by atoms with van der Waals surface area (Å²) in [5, 5.41) is 0. The highest BCUT2D eigenvalue weighted by Gasteiger charge is 2.43. The summed E-state index contributed by atoms with van der Waals surface area (Å²) < 4.78 is 0. The van der Waals surface area contributed by atoms with Gasteiger partial charge in [0.05, 0.1) is 0 Å². The maximum Gasteiger partial charge on any atom is 0.185 e. The van der Waals surface area contributed by atoms with Crippen LogP contribution >= 0.6 is 0 Å². The fourth-order valence-corrected chi connectivity index (χ4v) is 4.29. The lowest BCUT2D eigenvalue weighted by atomic mass is 9.70. The highest BCUT2D eigenvalue weighted by Crippen LogP contribution is 2.44. The Kier molecular flexibility index (Phi) is 7.04. The van der Waals surface area contributed by atoms with Crippen molar-refractivity contribution in [1.29, 1.82) is 0 Å². The average molecular weight is 471 g/mol. The van der Waals surface area contributed by atoms with E-state index in [1.165, 1.54) is 0 Å². The summed E-state index contributed by atoms with van der Waals surface area (Å²) in [6, 6.07) is 0. The van der Waals surface area contributed by atoms with Crippen molar-refractivity contribution in [3.63, 3.8) is 0 Å². The van der Waals surface area contributed by atoms with Gasteiger partial charge in [0, 0.05) is 22.3 Å².